The number of rotatable bonds is 8. The third-order valence-electron chi connectivity index (χ3n) is 6.91. The van der Waals surface area contributed by atoms with Gasteiger partial charge in [0.2, 0.25) is 5.28 Å². The van der Waals surface area contributed by atoms with Crippen molar-refractivity contribution < 1.29 is 17.9 Å². The molecule has 3 aromatic carbocycles. The van der Waals surface area contributed by atoms with Gasteiger partial charge in [-0.3, -0.25) is 4.31 Å². The van der Waals surface area contributed by atoms with Gasteiger partial charge >= 0.3 is 0 Å². The number of hydrogen-bond donors (Lipinski definition) is 0. The van der Waals surface area contributed by atoms with Gasteiger partial charge < -0.3 is 18.9 Å². The van der Waals surface area contributed by atoms with Crippen LogP contribution in [0.1, 0.15) is 5.56 Å². The average molecular weight is 614 g/mol. The number of hydrogen-bond acceptors (Lipinski definition) is 8. The fraction of sp³-hybridized carbons (Fsp3) is 0.250. The predicted octanol–water partition coefficient (Wildman–Crippen LogP) is 4.97. The van der Waals surface area contributed by atoms with Crippen LogP contribution in [0, 0.1) is 0 Å². The van der Waals surface area contributed by atoms with E-state index in [1.54, 1.807) is 35.2 Å². The first-order valence-corrected chi connectivity index (χ1v) is 15.0. The monoisotopic (exact) mass is 612 g/mol. The van der Waals surface area contributed by atoms with Gasteiger partial charge in [-0.15, -0.1) is 0 Å². The highest BCUT2D eigenvalue weighted by Gasteiger charge is 2.33. The molecule has 0 aliphatic carbocycles. The van der Waals surface area contributed by atoms with Crippen LogP contribution in [0.25, 0.3) is 21.9 Å². The number of sulfonamides is 1. The van der Waals surface area contributed by atoms with Crippen LogP contribution in [0.5, 0.6) is 0 Å². The molecule has 41 heavy (non-hydrogen) atoms. The van der Waals surface area contributed by atoms with Gasteiger partial charge in [0.25, 0.3) is 10.0 Å². The first kappa shape index (κ1) is 27.7. The lowest BCUT2D eigenvalue weighted by molar-refractivity contribution is -0.0321. The number of anilines is 2. The first-order valence-electron chi connectivity index (χ1n) is 12.8. The molecule has 0 bridgehead atoms. The molecule has 0 spiro atoms. The summed E-state index contributed by atoms with van der Waals surface area (Å²) in [6.45, 7) is 0.995. The Morgan fingerprint density at radius 2 is 1.63 bits per heavy atom. The molecule has 2 aromatic heterocycles. The lowest BCUT2D eigenvalue weighted by atomic mass is 10.1. The molecule has 0 unspecified atom stereocenters. The largest absolute Gasteiger partial charge is 0.377 e. The van der Waals surface area contributed by atoms with E-state index in [-0.39, 0.29) is 28.4 Å². The minimum atomic E-state index is -4.11. The molecule has 0 atom stereocenters. The standard InChI is InChI=1S/C28H26Cl2N6O4S/c1-34(2)22-11-5-9-20-19(22)8-6-12-23(20)41(37,38)36(16-24-39-13-14-40-24)21-10-4-3-7-18(21)15-35-17-31-25-26(29)32-28(30)33-27(25)35/h3-12,17,24H,13-16H2,1-2H3. The highest BCUT2D eigenvalue weighted by atomic mass is 35.5. The quantitative estimate of drug-likeness (QED) is 0.179. The van der Waals surface area contributed by atoms with Crippen molar-refractivity contribution in [3.8, 4) is 0 Å². The summed E-state index contributed by atoms with van der Waals surface area (Å²) < 4.78 is 43.7. The summed E-state index contributed by atoms with van der Waals surface area (Å²) in [5.74, 6) is 0. The SMILES string of the molecule is CN(C)c1cccc2c(S(=O)(=O)N(CC3OCCO3)c3ccccc3Cn3cnc4c(Cl)nc(Cl)nc43)cccc12. The highest BCUT2D eigenvalue weighted by molar-refractivity contribution is 7.93. The summed E-state index contributed by atoms with van der Waals surface area (Å²) in [6.07, 6.45) is 0.859. The van der Waals surface area contributed by atoms with Gasteiger partial charge in [-0.25, -0.2) is 18.4 Å². The van der Waals surface area contributed by atoms with Gasteiger partial charge in [-0.1, -0.05) is 54.1 Å². The number of fused-ring (bicyclic) bond motifs is 2. The van der Waals surface area contributed by atoms with Crippen molar-refractivity contribution in [2.24, 2.45) is 0 Å². The van der Waals surface area contributed by atoms with Gasteiger partial charge in [0.05, 0.1) is 43.2 Å². The Balaban J connectivity index is 1.49. The van der Waals surface area contributed by atoms with Crippen LogP contribution in [-0.4, -0.2) is 68.1 Å². The summed E-state index contributed by atoms with van der Waals surface area (Å²) in [5.41, 5.74) is 2.93. The van der Waals surface area contributed by atoms with E-state index in [0.717, 1.165) is 11.1 Å². The Kier molecular flexibility index (Phi) is 7.47. The molecule has 10 nitrogen and oxygen atoms in total. The molecule has 0 amide bonds. The maximum Gasteiger partial charge on any atom is 0.265 e. The van der Waals surface area contributed by atoms with Crippen molar-refractivity contribution in [2.45, 2.75) is 17.7 Å². The summed E-state index contributed by atoms with van der Waals surface area (Å²) in [6, 6.07) is 18.2. The van der Waals surface area contributed by atoms with Gasteiger partial charge in [0.1, 0.15) is 5.52 Å². The summed E-state index contributed by atoms with van der Waals surface area (Å²) in [5, 5.41) is 1.58. The molecule has 1 saturated heterocycles. The van der Waals surface area contributed by atoms with E-state index in [1.807, 2.05) is 55.4 Å². The maximum atomic E-state index is 14.6. The van der Waals surface area contributed by atoms with E-state index in [4.69, 9.17) is 32.7 Å². The Morgan fingerprint density at radius 1 is 0.927 bits per heavy atom. The smallest absolute Gasteiger partial charge is 0.265 e. The van der Waals surface area contributed by atoms with Gasteiger partial charge in [-0.05, 0) is 35.4 Å². The molecular formula is C28H26Cl2N6O4S. The second-order valence-corrected chi connectivity index (χ2v) is 12.2. The summed E-state index contributed by atoms with van der Waals surface area (Å²) in [4.78, 5) is 14.7. The molecule has 6 rings (SSSR count). The molecule has 13 heteroatoms. The van der Waals surface area contributed by atoms with Crippen LogP contribution in [0.4, 0.5) is 11.4 Å². The van der Waals surface area contributed by atoms with Gasteiger partial charge in [0.15, 0.2) is 17.1 Å². The Bertz CT molecular complexity index is 1860. The van der Waals surface area contributed by atoms with Gasteiger partial charge in [0, 0.05) is 30.6 Å². The van der Waals surface area contributed by atoms with Crippen LogP contribution in [0.3, 0.4) is 0 Å². The van der Waals surface area contributed by atoms with Crippen LogP contribution in [0.2, 0.25) is 10.4 Å². The first-order chi connectivity index (χ1) is 19.7. The number of nitrogens with zero attached hydrogens (tertiary/aromatic N) is 6. The normalized spacial score (nSPS) is 14.2. The van der Waals surface area contributed by atoms with Crippen molar-refractivity contribution in [3.63, 3.8) is 0 Å². The third-order valence-corrected chi connectivity index (χ3v) is 9.18. The minimum absolute atomic E-state index is 0.00896. The number of aromatic nitrogens is 4. The second kappa shape index (κ2) is 11.1. The fourth-order valence-corrected chi connectivity index (χ4v) is 7.16. The minimum Gasteiger partial charge on any atom is -0.377 e. The summed E-state index contributed by atoms with van der Waals surface area (Å²) in [7, 11) is -0.248. The van der Waals surface area contributed by atoms with E-state index in [1.165, 1.54) is 4.31 Å². The van der Waals surface area contributed by atoms with E-state index in [0.29, 0.717) is 41.0 Å². The molecule has 1 fully saturated rings. The third kappa shape index (κ3) is 5.20. The van der Waals surface area contributed by atoms with Crippen LogP contribution < -0.4 is 9.21 Å². The zero-order valence-corrected chi connectivity index (χ0v) is 24.6. The molecule has 1 aliphatic heterocycles. The molecule has 1 aliphatic rings. The highest BCUT2D eigenvalue weighted by Crippen LogP contribution is 2.35. The van der Waals surface area contributed by atoms with Crippen molar-refractivity contribution >= 4 is 66.5 Å². The van der Waals surface area contributed by atoms with Gasteiger partial charge in [-0.2, -0.15) is 4.98 Å². The molecule has 212 valence electrons. The van der Waals surface area contributed by atoms with Crippen molar-refractivity contribution in [1.82, 2.24) is 19.5 Å². The Morgan fingerprint density at radius 3 is 2.41 bits per heavy atom. The molecule has 5 aromatic rings. The molecular weight excluding hydrogens is 587 g/mol. The number of benzene rings is 3. The van der Waals surface area contributed by atoms with Crippen LogP contribution in [0.15, 0.2) is 71.9 Å². The van der Waals surface area contributed by atoms with E-state index in [9.17, 15) is 8.42 Å². The van der Waals surface area contributed by atoms with E-state index in [2.05, 4.69) is 15.0 Å². The number of imidazole rings is 1. The Hall–Kier alpha value is -3.48. The Labute approximate surface area is 247 Å². The maximum absolute atomic E-state index is 14.6. The van der Waals surface area contributed by atoms with Crippen molar-refractivity contribution in [1.29, 1.82) is 0 Å². The zero-order chi connectivity index (χ0) is 28.7. The van der Waals surface area contributed by atoms with Crippen LogP contribution in [-0.2, 0) is 26.0 Å². The summed E-state index contributed by atoms with van der Waals surface area (Å²) >= 11 is 12.3. The van der Waals surface area contributed by atoms with E-state index >= 15 is 0 Å². The number of halogens is 2. The second-order valence-electron chi connectivity index (χ2n) is 9.69. The average Bonchev–Trinajstić information content (AvgIpc) is 3.62. The molecule has 0 radical (unpaired) electrons. The van der Waals surface area contributed by atoms with Crippen molar-refractivity contribution in [3.05, 3.63) is 83.0 Å². The van der Waals surface area contributed by atoms with Crippen LogP contribution >= 0.6 is 23.2 Å². The van der Waals surface area contributed by atoms with E-state index < -0.39 is 16.3 Å². The molecule has 0 saturated carbocycles. The zero-order valence-electron chi connectivity index (χ0n) is 22.2. The lowest BCUT2D eigenvalue weighted by Gasteiger charge is -2.29. The topological polar surface area (TPSA) is 103 Å². The molecule has 0 N–H and O–H groups in total. The van der Waals surface area contributed by atoms with Crippen molar-refractivity contribution in [2.75, 3.05) is 43.1 Å². The number of para-hydroxylation sites is 1. The predicted molar refractivity (Wildman–Crippen MR) is 159 cm³/mol. The molecule has 3 heterocycles. The number of ether oxygens (including phenoxy) is 2. The lowest BCUT2D eigenvalue weighted by Crippen LogP contribution is -2.39. The fourth-order valence-electron chi connectivity index (χ4n) is 5.04.